The lowest BCUT2D eigenvalue weighted by Crippen LogP contribution is -2.37. The molecule has 0 heterocycles. The van der Waals surface area contributed by atoms with Gasteiger partial charge in [-0.1, -0.05) is 30.9 Å². The maximum atomic E-state index is 12.8. The molecule has 2 atom stereocenters. The van der Waals surface area contributed by atoms with Gasteiger partial charge in [-0.3, -0.25) is 19.3 Å². The van der Waals surface area contributed by atoms with Gasteiger partial charge in [0.05, 0.1) is 11.6 Å². The molecule has 30 heavy (non-hydrogen) atoms. The number of fused-ring (bicyclic) bond motifs is 1. The van der Waals surface area contributed by atoms with Crippen molar-refractivity contribution in [2.45, 2.75) is 4.90 Å². The Kier molecular flexibility index (Phi) is 5.52. The quantitative estimate of drug-likeness (QED) is 0.380. The van der Waals surface area contributed by atoms with Crippen LogP contribution >= 0.6 is 0 Å². The molecule has 0 radical (unpaired) electrons. The molecule has 158 valence electrons. The zero-order valence-electron chi connectivity index (χ0n) is 15.3. The molecule has 0 fully saturated rings. The number of hydrogen-bond donors (Lipinski definition) is 4. The molecule has 5 N–H and O–H groups in total. The smallest absolute Gasteiger partial charge is 0.296 e. The largest absolute Gasteiger partial charge is 0.399 e. The molecule has 0 spiro atoms. The number of carbonyl (C=O) groups excluding carboxylic acids is 1. The fourth-order valence-corrected chi connectivity index (χ4v) is 4.54. The van der Waals surface area contributed by atoms with E-state index in [1.165, 1.54) is 36.4 Å². The summed E-state index contributed by atoms with van der Waals surface area (Å²) in [5.74, 6) is -2.14. The summed E-state index contributed by atoms with van der Waals surface area (Å²) < 4.78 is 65.6. The Morgan fingerprint density at radius 1 is 1.13 bits per heavy atom. The Balaban J connectivity index is 2.06. The number of nitrogens with two attached hydrogens (primary N) is 1. The highest BCUT2D eigenvalue weighted by atomic mass is 32.2. The molecular formula is C18H17N3O7S2. The molecule has 0 aromatic heterocycles. The third kappa shape index (κ3) is 4.26. The number of allylic oxidation sites excluding steroid dienone is 5. The van der Waals surface area contributed by atoms with Gasteiger partial charge in [-0.05, 0) is 29.8 Å². The van der Waals surface area contributed by atoms with Crippen molar-refractivity contribution >= 4 is 43.5 Å². The average Bonchev–Trinajstić information content (AvgIpc) is 2.66. The van der Waals surface area contributed by atoms with Gasteiger partial charge in [-0.15, -0.1) is 0 Å². The first-order valence-electron chi connectivity index (χ1n) is 8.39. The van der Waals surface area contributed by atoms with Gasteiger partial charge in [0, 0.05) is 11.6 Å². The zero-order chi connectivity index (χ0) is 22.3. The number of carbonyl (C=O) groups is 1. The summed E-state index contributed by atoms with van der Waals surface area (Å²) in [5, 5.41) is 3.79. The second-order valence-corrected chi connectivity index (χ2v) is 9.28. The number of anilines is 1. The normalized spacial score (nSPS) is 22.9. The molecule has 0 aliphatic heterocycles. The lowest BCUT2D eigenvalue weighted by molar-refractivity contribution is -0.115. The number of ketones is 1. The Labute approximate surface area is 172 Å². The van der Waals surface area contributed by atoms with Crippen molar-refractivity contribution in [1.29, 1.82) is 0 Å². The van der Waals surface area contributed by atoms with Gasteiger partial charge in [-0.2, -0.15) is 21.9 Å². The van der Waals surface area contributed by atoms with Crippen LogP contribution in [0.3, 0.4) is 0 Å². The third-order valence-corrected chi connectivity index (χ3v) is 6.29. The van der Waals surface area contributed by atoms with E-state index in [0.29, 0.717) is 5.70 Å². The maximum Gasteiger partial charge on any atom is 0.296 e. The highest BCUT2D eigenvalue weighted by molar-refractivity contribution is 7.91. The van der Waals surface area contributed by atoms with Gasteiger partial charge in [0.1, 0.15) is 15.5 Å². The molecule has 12 heteroatoms. The van der Waals surface area contributed by atoms with Gasteiger partial charge < -0.3 is 5.73 Å². The van der Waals surface area contributed by atoms with Crippen molar-refractivity contribution in [1.82, 2.24) is 0 Å². The van der Waals surface area contributed by atoms with Crippen molar-refractivity contribution in [3.8, 4) is 0 Å². The molecule has 10 nitrogen and oxygen atoms in total. The van der Waals surface area contributed by atoms with Gasteiger partial charge in [0.2, 0.25) is 0 Å². The number of Topliss-reactive ketones (excluding diaryl/α,β-unsaturated/α-hetero) is 1. The van der Waals surface area contributed by atoms with Gasteiger partial charge in [0.25, 0.3) is 20.2 Å². The number of nitrogens with zero attached hydrogens (tertiary/aromatic N) is 1. The fourth-order valence-electron chi connectivity index (χ4n) is 3.09. The third-order valence-electron chi connectivity index (χ3n) is 4.50. The van der Waals surface area contributed by atoms with Crippen LogP contribution in [0.15, 0.2) is 69.7 Å². The molecule has 0 saturated heterocycles. The summed E-state index contributed by atoms with van der Waals surface area (Å²) >= 11 is 0. The van der Waals surface area contributed by atoms with Crippen LogP contribution in [0.5, 0.6) is 0 Å². The summed E-state index contributed by atoms with van der Waals surface area (Å²) in [7, 11) is -9.37. The second-order valence-electron chi connectivity index (χ2n) is 6.50. The molecule has 1 aromatic rings. The number of benzene rings is 1. The van der Waals surface area contributed by atoms with Gasteiger partial charge in [-0.25, -0.2) is 0 Å². The van der Waals surface area contributed by atoms with Crippen molar-refractivity contribution in [2.75, 3.05) is 5.43 Å². The van der Waals surface area contributed by atoms with Gasteiger partial charge >= 0.3 is 0 Å². The summed E-state index contributed by atoms with van der Waals surface area (Å²) in [6, 6.07) is 3.74. The van der Waals surface area contributed by atoms with Crippen molar-refractivity contribution in [3.05, 3.63) is 65.2 Å². The lowest BCUT2D eigenvalue weighted by Gasteiger charge is -2.27. The van der Waals surface area contributed by atoms with E-state index >= 15 is 0 Å². The fraction of sp³-hybridized carbons (Fsp3) is 0.111. The first-order chi connectivity index (χ1) is 13.9. The van der Waals surface area contributed by atoms with E-state index in [1.807, 2.05) is 0 Å². The lowest BCUT2D eigenvalue weighted by atomic mass is 9.79. The number of nitrogens with one attached hydrogen (secondary N) is 1. The second kappa shape index (κ2) is 7.65. The summed E-state index contributed by atoms with van der Waals surface area (Å²) in [5.41, 5.74) is 8.00. The van der Waals surface area contributed by atoms with Crippen LogP contribution in [0.1, 0.15) is 5.56 Å². The molecule has 2 aliphatic carbocycles. The van der Waals surface area contributed by atoms with Gasteiger partial charge in [0.15, 0.2) is 5.78 Å². The maximum absolute atomic E-state index is 12.8. The summed E-state index contributed by atoms with van der Waals surface area (Å²) in [4.78, 5) is 11.7. The minimum absolute atomic E-state index is 0.0314. The van der Waals surface area contributed by atoms with Crippen LogP contribution in [0.2, 0.25) is 0 Å². The molecule has 0 bridgehead atoms. The van der Waals surface area contributed by atoms with E-state index in [-0.39, 0.29) is 11.3 Å². The van der Waals surface area contributed by atoms with Crippen LogP contribution in [0.4, 0.5) is 5.69 Å². The standard InChI is InChI=1S/C18H17N3O7S2/c1-2-10-4-6-13(9-15(10)29(23,24)25)20-21-17-16(30(26,27)28)7-11-3-5-12(19)8-14(11)18(17)22/h2-9,11,14,20H,1,19H2,(H,23,24,25)(H,26,27,28). The first-order valence-corrected chi connectivity index (χ1v) is 11.3. The van der Waals surface area contributed by atoms with Crippen molar-refractivity contribution in [3.63, 3.8) is 0 Å². The predicted octanol–water partition coefficient (Wildman–Crippen LogP) is 1.34. The Morgan fingerprint density at radius 3 is 2.43 bits per heavy atom. The number of hydrazone groups is 1. The van der Waals surface area contributed by atoms with Crippen LogP contribution in [-0.4, -0.2) is 37.4 Å². The molecule has 1 aromatic carbocycles. The molecule has 3 rings (SSSR count). The zero-order valence-corrected chi connectivity index (χ0v) is 16.9. The summed E-state index contributed by atoms with van der Waals surface area (Å²) in [6.45, 7) is 3.45. The van der Waals surface area contributed by atoms with E-state index in [2.05, 4.69) is 17.1 Å². The van der Waals surface area contributed by atoms with Crippen LogP contribution in [0.25, 0.3) is 6.08 Å². The Hall–Kier alpha value is -3.06. The Morgan fingerprint density at radius 2 is 1.83 bits per heavy atom. The highest BCUT2D eigenvalue weighted by Crippen LogP contribution is 2.32. The minimum atomic E-state index is -4.78. The van der Waals surface area contributed by atoms with E-state index in [0.717, 1.165) is 6.07 Å². The average molecular weight is 451 g/mol. The Bertz CT molecular complexity index is 1270. The first kappa shape index (κ1) is 21.6. The van der Waals surface area contributed by atoms with E-state index < -0.39 is 53.4 Å². The molecule has 0 amide bonds. The summed E-state index contributed by atoms with van der Waals surface area (Å²) in [6.07, 6.45) is 6.92. The molecule has 0 saturated carbocycles. The minimum Gasteiger partial charge on any atom is -0.399 e. The highest BCUT2D eigenvalue weighted by Gasteiger charge is 2.39. The van der Waals surface area contributed by atoms with Crippen LogP contribution in [0, 0.1) is 11.8 Å². The predicted molar refractivity (Wildman–Crippen MR) is 110 cm³/mol. The van der Waals surface area contributed by atoms with E-state index in [4.69, 9.17) is 5.73 Å². The molecule has 2 unspecified atom stereocenters. The molecular weight excluding hydrogens is 434 g/mol. The van der Waals surface area contributed by atoms with Crippen LogP contribution < -0.4 is 11.2 Å². The van der Waals surface area contributed by atoms with E-state index in [9.17, 15) is 30.7 Å². The van der Waals surface area contributed by atoms with Crippen LogP contribution in [-0.2, 0) is 25.0 Å². The van der Waals surface area contributed by atoms with Crippen molar-refractivity contribution in [2.24, 2.45) is 22.7 Å². The topological polar surface area (TPSA) is 176 Å². The number of hydrogen-bond acceptors (Lipinski definition) is 8. The SMILES string of the molecule is C=Cc1ccc(NN=C2C(=O)C3C=C(N)C=CC3C=C2S(=O)(=O)O)cc1S(=O)(=O)O. The van der Waals surface area contributed by atoms with E-state index in [1.54, 1.807) is 6.08 Å². The number of rotatable bonds is 5. The molecule has 2 aliphatic rings. The van der Waals surface area contributed by atoms with Crippen molar-refractivity contribution < 1.29 is 30.7 Å². The monoisotopic (exact) mass is 451 g/mol.